The maximum atomic E-state index is 13.0. The molecule has 0 aliphatic carbocycles. The van der Waals surface area contributed by atoms with Crippen LogP contribution in [0.25, 0.3) is 11.0 Å². The zero-order chi connectivity index (χ0) is 17.1. The highest BCUT2D eigenvalue weighted by molar-refractivity contribution is 5.76. The SMILES string of the molecule is CCn1c(C(C)NCC(O)c2ccc(F)cc2)nc2ccccc21. The van der Waals surface area contributed by atoms with Crippen LogP contribution in [-0.4, -0.2) is 21.2 Å². The summed E-state index contributed by atoms with van der Waals surface area (Å²) in [6.07, 6.45) is -0.687. The summed E-state index contributed by atoms with van der Waals surface area (Å²) < 4.78 is 15.1. The summed E-state index contributed by atoms with van der Waals surface area (Å²) in [7, 11) is 0. The van der Waals surface area contributed by atoms with Crippen molar-refractivity contribution in [3.63, 3.8) is 0 Å². The molecule has 0 aliphatic heterocycles. The number of benzene rings is 2. The molecule has 0 spiro atoms. The molecule has 1 aromatic heterocycles. The molecular weight excluding hydrogens is 305 g/mol. The first-order chi connectivity index (χ1) is 11.6. The van der Waals surface area contributed by atoms with E-state index >= 15 is 0 Å². The third-order valence-corrected chi connectivity index (χ3v) is 4.26. The van der Waals surface area contributed by atoms with Crippen LogP contribution in [-0.2, 0) is 6.54 Å². The topological polar surface area (TPSA) is 50.1 Å². The summed E-state index contributed by atoms with van der Waals surface area (Å²) >= 11 is 0. The maximum absolute atomic E-state index is 13.0. The third-order valence-electron chi connectivity index (χ3n) is 4.26. The van der Waals surface area contributed by atoms with Gasteiger partial charge in [-0.2, -0.15) is 0 Å². The average molecular weight is 327 g/mol. The number of halogens is 1. The molecule has 0 amide bonds. The second-order valence-electron chi connectivity index (χ2n) is 5.90. The van der Waals surface area contributed by atoms with Crippen molar-refractivity contribution in [1.29, 1.82) is 0 Å². The molecule has 0 saturated carbocycles. The molecule has 126 valence electrons. The highest BCUT2D eigenvalue weighted by atomic mass is 19.1. The third kappa shape index (κ3) is 3.32. The predicted molar refractivity (Wildman–Crippen MR) is 93.2 cm³/mol. The fourth-order valence-corrected chi connectivity index (χ4v) is 2.94. The standard InChI is InChI=1S/C19H22FN3O/c1-3-23-17-7-5-4-6-16(17)22-19(23)13(2)21-12-18(24)14-8-10-15(20)11-9-14/h4-11,13,18,21,24H,3,12H2,1-2H3. The van der Waals surface area contributed by atoms with Gasteiger partial charge in [0.2, 0.25) is 0 Å². The van der Waals surface area contributed by atoms with Gasteiger partial charge in [0.25, 0.3) is 0 Å². The Hall–Kier alpha value is -2.24. The molecule has 3 aromatic rings. The van der Waals surface area contributed by atoms with Crippen molar-refractivity contribution < 1.29 is 9.50 Å². The Kier molecular flexibility index (Phi) is 4.92. The molecule has 2 unspecified atom stereocenters. The van der Waals surface area contributed by atoms with E-state index in [1.165, 1.54) is 12.1 Å². The first-order valence-electron chi connectivity index (χ1n) is 8.22. The Morgan fingerprint density at radius 3 is 2.58 bits per heavy atom. The number of hydrogen-bond acceptors (Lipinski definition) is 3. The summed E-state index contributed by atoms with van der Waals surface area (Å²) in [5, 5.41) is 13.6. The van der Waals surface area contributed by atoms with E-state index in [1.807, 2.05) is 25.1 Å². The lowest BCUT2D eigenvalue weighted by molar-refractivity contribution is 0.170. The van der Waals surface area contributed by atoms with Crippen LogP contribution in [0.15, 0.2) is 48.5 Å². The lowest BCUT2D eigenvalue weighted by Crippen LogP contribution is -2.26. The smallest absolute Gasteiger partial charge is 0.126 e. The van der Waals surface area contributed by atoms with Crippen LogP contribution in [0.2, 0.25) is 0 Å². The molecule has 0 radical (unpaired) electrons. The van der Waals surface area contributed by atoms with Crippen molar-refractivity contribution in [3.8, 4) is 0 Å². The molecule has 2 atom stereocenters. The number of fused-ring (bicyclic) bond motifs is 1. The highest BCUT2D eigenvalue weighted by Crippen LogP contribution is 2.21. The Morgan fingerprint density at radius 2 is 1.88 bits per heavy atom. The van der Waals surface area contributed by atoms with Crippen molar-refractivity contribution in [3.05, 3.63) is 65.7 Å². The van der Waals surface area contributed by atoms with Gasteiger partial charge in [-0.3, -0.25) is 0 Å². The Bertz CT molecular complexity index is 813. The fraction of sp³-hybridized carbons (Fsp3) is 0.316. The van der Waals surface area contributed by atoms with Gasteiger partial charge in [-0.25, -0.2) is 9.37 Å². The minimum Gasteiger partial charge on any atom is -0.387 e. The first-order valence-corrected chi connectivity index (χ1v) is 8.22. The molecule has 0 fully saturated rings. The van der Waals surface area contributed by atoms with Gasteiger partial charge in [0.1, 0.15) is 11.6 Å². The van der Waals surface area contributed by atoms with Gasteiger partial charge in [0.15, 0.2) is 0 Å². The maximum Gasteiger partial charge on any atom is 0.126 e. The molecule has 5 heteroatoms. The van der Waals surface area contributed by atoms with E-state index in [0.717, 1.165) is 23.4 Å². The fourth-order valence-electron chi connectivity index (χ4n) is 2.94. The van der Waals surface area contributed by atoms with Crippen molar-refractivity contribution in [2.45, 2.75) is 32.5 Å². The van der Waals surface area contributed by atoms with Crippen molar-refractivity contribution in [1.82, 2.24) is 14.9 Å². The van der Waals surface area contributed by atoms with E-state index in [-0.39, 0.29) is 11.9 Å². The van der Waals surface area contributed by atoms with Crippen molar-refractivity contribution in [2.75, 3.05) is 6.54 Å². The van der Waals surface area contributed by atoms with Crippen LogP contribution in [0.3, 0.4) is 0 Å². The second-order valence-corrected chi connectivity index (χ2v) is 5.90. The van der Waals surface area contributed by atoms with Gasteiger partial charge >= 0.3 is 0 Å². The Labute approximate surface area is 141 Å². The monoisotopic (exact) mass is 327 g/mol. The number of imidazole rings is 1. The highest BCUT2D eigenvalue weighted by Gasteiger charge is 2.17. The van der Waals surface area contributed by atoms with Crippen LogP contribution >= 0.6 is 0 Å². The molecule has 3 rings (SSSR count). The van der Waals surface area contributed by atoms with E-state index in [2.05, 4.69) is 22.9 Å². The van der Waals surface area contributed by atoms with E-state index in [0.29, 0.717) is 12.1 Å². The van der Waals surface area contributed by atoms with Crippen LogP contribution in [0.1, 0.15) is 37.4 Å². The lowest BCUT2D eigenvalue weighted by Gasteiger charge is -2.18. The Morgan fingerprint density at radius 1 is 1.17 bits per heavy atom. The van der Waals surface area contributed by atoms with Crippen LogP contribution in [0, 0.1) is 5.82 Å². The molecular formula is C19H22FN3O. The predicted octanol–water partition coefficient (Wildman–Crippen LogP) is 3.58. The van der Waals surface area contributed by atoms with Gasteiger partial charge in [0, 0.05) is 13.1 Å². The number of nitrogens with zero attached hydrogens (tertiary/aromatic N) is 2. The van der Waals surface area contributed by atoms with Gasteiger partial charge in [0.05, 0.1) is 23.2 Å². The number of aromatic nitrogens is 2. The van der Waals surface area contributed by atoms with E-state index in [9.17, 15) is 9.50 Å². The number of nitrogens with one attached hydrogen (secondary N) is 1. The number of aliphatic hydroxyl groups excluding tert-OH is 1. The molecule has 0 bridgehead atoms. The molecule has 0 saturated heterocycles. The molecule has 0 aliphatic rings. The van der Waals surface area contributed by atoms with Gasteiger partial charge < -0.3 is 15.0 Å². The quantitative estimate of drug-likeness (QED) is 0.727. The number of para-hydroxylation sites is 2. The number of hydrogen-bond donors (Lipinski definition) is 2. The zero-order valence-corrected chi connectivity index (χ0v) is 13.9. The normalized spacial score (nSPS) is 14.0. The van der Waals surface area contributed by atoms with Gasteiger partial charge in [-0.15, -0.1) is 0 Å². The van der Waals surface area contributed by atoms with Gasteiger partial charge in [-0.1, -0.05) is 24.3 Å². The molecule has 1 heterocycles. The summed E-state index contributed by atoms with van der Waals surface area (Å²) in [5.74, 6) is 0.647. The van der Waals surface area contributed by atoms with E-state index in [1.54, 1.807) is 12.1 Å². The second kappa shape index (κ2) is 7.11. The minimum absolute atomic E-state index is 0.00699. The average Bonchev–Trinajstić information content (AvgIpc) is 2.98. The first kappa shape index (κ1) is 16.6. The summed E-state index contributed by atoms with van der Waals surface area (Å²) in [4.78, 5) is 4.71. The number of aliphatic hydroxyl groups is 1. The lowest BCUT2D eigenvalue weighted by atomic mass is 10.1. The summed E-state index contributed by atoms with van der Waals surface area (Å²) in [6.45, 7) is 5.34. The minimum atomic E-state index is -0.687. The number of aryl methyl sites for hydroxylation is 1. The largest absolute Gasteiger partial charge is 0.387 e. The summed E-state index contributed by atoms with van der Waals surface area (Å²) in [5.41, 5.74) is 2.78. The molecule has 24 heavy (non-hydrogen) atoms. The molecule has 2 N–H and O–H groups in total. The van der Waals surface area contributed by atoms with Crippen molar-refractivity contribution in [2.24, 2.45) is 0 Å². The van der Waals surface area contributed by atoms with Crippen LogP contribution in [0.4, 0.5) is 4.39 Å². The van der Waals surface area contributed by atoms with Crippen molar-refractivity contribution >= 4 is 11.0 Å². The van der Waals surface area contributed by atoms with Crippen LogP contribution in [0.5, 0.6) is 0 Å². The molecule has 2 aromatic carbocycles. The van der Waals surface area contributed by atoms with E-state index in [4.69, 9.17) is 4.98 Å². The summed E-state index contributed by atoms with van der Waals surface area (Å²) in [6, 6.07) is 14.0. The van der Waals surface area contributed by atoms with E-state index < -0.39 is 6.10 Å². The number of rotatable bonds is 6. The Balaban J connectivity index is 1.73. The molecule has 4 nitrogen and oxygen atoms in total. The zero-order valence-electron chi connectivity index (χ0n) is 13.9. The van der Waals surface area contributed by atoms with Gasteiger partial charge in [-0.05, 0) is 43.7 Å². The van der Waals surface area contributed by atoms with Crippen LogP contribution < -0.4 is 5.32 Å².